The van der Waals surface area contributed by atoms with Gasteiger partial charge in [-0.2, -0.15) is 0 Å². The predicted octanol–water partition coefficient (Wildman–Crippen LogP) is 2.90. The van der Waals surface area contributed by atoms with E-state index in [4.69, 9.17) is 0 Å². The number of carbonyl (C=O) groups is 1. The number of hydrogen-bond acceptors (Lipinski definition) is 3. The fourth-order valence-electron chi connectivity index (χ4n) is 2.60. The number of nitrogens with zero attached hydrogens (tertiary/aromatic N) is 2. The Labute approximate surface area is 124 Å². The number of benzene rings is 1. The number of hydrogen-bond donors (Lipinski definition) is 2. The standard InChI is InChI=1S/C16H20N4O/c1-2-6-12-7-3-4-8-13(12)18-15(21)14-11-20-10-5-9-17-16(20)19-14/h3-4,7-8,11H,2,5-6,9-10H2,1H3,(H,17,19)(H,18,21). The molecule has 0 radical (unpaired) electrons. The van der Waals surface area contributed by atoms with Crippen LogP contribution in [0.15, 0.2) is 30.5 Å². The topological polar surface area (TPSA) is 59.0 Å². The van der Waals surface area contributed by atoms with Crippen molar-refractivity contribution in [2.45, 2.75) is 32.7 Å². The highest BCUT2D eigenvalue weighted by Crippen LogP contribution is 2.19. The SMILES string of the molecule is CCCc1ccccc1NC(=O)c1cn2c(n1)NCCC2. The van der Waals surface area contributed by atoms with Crippen LogP contribution in [0.5, 0.6) is 0 Å². The molecule has 2 heterocycles. The monoisotopic (exact) mass is 284 g/mol. The molecule has 0 spiro atoms. The van der Waals surface area contributed by atoms with Crippen LogP contribution in [0.1, 0.15) is 35.8 Å². The van der Waals surface area contributed by atoms with Crippen molar-refractivity contribution in [3.63, 3.8) is 0 Å². The second kappa shape index (κ2) is 5.99. The Morgan fingerprint density at radius 3 is 3.10 bits per heavy atom. The van der Waals surface area contributed by atoms with Gasteiger partial charge in [0.15, 0.2) is 0 Å². The molecule has 0 aliphatic carbocycles. The lowest BCUT2D eigenvalue weighted by molar-refractivity contribution is 0.102. The summed E-state index contributed by atoms with van der Waals surface area (Å²) in [6.07, 6.45) is 4.89. The van der Waals surface area contributed by atoms with E-state index >= 15 is 0 Å². The van der Waals surface area contributed by atoms with Crippen LogP contribution < -0.4 is 10.6 Å². The average Bonchev–Trinajstić information content (AvgIpc) is 2.93. The van der Waals surface area contributed by atoms with Crippen molar-refractivity contribution < 1.29 is 4.79 Å². The molecule has 1 aromatic carbocycles. The van der Waals surface area contributed by atoms with Crippen LogP contribution in [0.25, 0.3) is 0 Å². The zero-order valence-corrected chi connectivity index (χ0v) is 12.2. The normalized spacial score (nSPS) is 13.4. The van der Waals surface area contributed by atoms with Crippen LogP contribution in [0.2, 0.25) is 0 Å². The first-order valence-corrected chi connectivity index (χ1v) is 7.48. The van der Waals surface area contributed by atoms with E-state index < -0.39 is 0 Å². The summed E-state index contributed by atoms with van der Waals surface area (Å²) in [6, 6.07) is 7.93. The molecule has 21 heavy (non-hydrogen) atoms. The molecular weight excluding hydrogens is 264 g/mol. The third-order valence-corrected chi connectivity index (χ3v) is 3.65. The highest BCUT2D eigenvalue weighted by Gasteiger charge is 2.17. The lowest BCUT2D eigenvalue weighted by Gasteiger charge is -2.14. The van der Waals surface area contributed by atoms with Gasteiger partial charge in [-0.3, -0.25) is 4.79 Å². The maximum Gasteiger partial charge on any atom is 0.275 e. The Morgan fingerprint density at radius 2 is 2.29 bits per heavy atom. The Kier molecular flexibility index (Phi) is 3.90. The number of nitrogens with one attached hydrogen (secondary N) is 2. The number of fused-ring (bicyclic) bond motifs is 1. The molecule has 0 fully saturated rings. The van der Waals surface area contributed by atoms with Gasteiger partial charge in [0, 0.05) is 25.0 Å². The fourth-order valence-corrected chi connectivity index (χ4v) is 2.60. The minimum Gasteiger partial charge on any atom is -0.356 e. The maximum atomic E-state index is 12.4. The number of aryl methyl sites for hydroxylation is 2. The molecule has 0 saturated heterocycles. The summed E-state index contributed by atoms with van der Waals surface area (Å²) < 4.78 is 2.00. The molecule has 1 aliphatic rings. The highest BCUT2D eigenvalue weighted by atomic mass is 16.1. The van der Waals surface area contributed by atoms with Crippen molar-refractivity contribution in [1.82, 2.24) is 9.55 Å². The largest absolute Gasteiger partial charge is 0.356 e. The number of para-hydroxylation sites is 1. The highest BCUT2D eigenvalue weighted by molar-refractivity contribution is 6.03. The summed E-state index contributed by atoms with van der Waals surface area (Å²) in [4.78, 5) is 16.7. The molecule has 0 bridgehead atoms. The summed E-state index contributed by atoms with van der Waals surface area (Å²) in [5.41, 5.74) is 2.50. The summed E-state index contributed by atoms with van der Waals surface area (Å²) in [6.45, 7) is 3.96. The van der Waals surface area contributed by atoms with E-state index in [1.165, 1.54) is 0 Å². The van der Waals surface area contributed by atoms with Gasteiger partial charge in [-0.05, 0) is 24.5 Å². The zero-order chi connectivity index (χ0) is 14.7. The molecule has 0 atom stereocenters. The van der Waals surface area contributed by atoms with Gasteiger partial charge in [0.2, 0.25) is 5.95 Å². The van der Waals surface area contributed by atoms with Gasteiger partial charge in [-0.25, -0.2) is 4.98 Å². The molecule has 1 amide bonds. The molecular formula is C16H20N4O. The Bertz CT molecular complexity index is 624. The van der Waals surface area contributed by atoms with Crippen LogP contribution >= 0.6 is 0 Å². The molecule has 2 aromatic rings. The maximum absolute atomic E-state index is 12.4. The lowest BCUT2D eigenvalue weighted by atomic mass is 10.1. The molecule has 0 saturated carbocycles. The molecule has 5 heteroatoms. The third kappa shape index (κ3) is 2.91. The van der Waals surface area contributed by atoms with Gasteiger partial charge in [0.25, 0.3) is 5.91 Å². The van der Waals surface area contributed by atoms with Crippen molar-refractivity contribution in [2.75, 3.05) is 17.2 Å². The second-order valence-corrected chi connectivity index (χ2v) is 5.28. The van der Waals surface area contributed by atoms with Crippen LogP contribution in [0.3, 0.4) is 0 Å². The van der Waals surface area contributed by atoms with Crippen LogP contribution in [0, 0.1) is 0 Å². The van der Waals surface area contributed by atoms with E-state index in [9.17, 15) is 4.79 Å². The molecule has 0 unspecified atom stereocenters. The van der Waals surface area contributed by atoms with Gasteiger partial charge >= 0.3 is 0 Å². The van der Waals surface area contributed by atoms with E-state index in [-0.39, 0.29) is 5.91 Å². The lowest BCUT2D eigenvalue weighted by Crippen LogP contribution is -2.16. The minimum atomic E-state index is -0.151. The first-order valence-electron chi connectivity index (χ1n) is 7.48. The Hall–Kier alpha value is -2.30. The number of anilines is 2. The number of carbonyl (C=O) groups excluding carboxylic acids is 1. The summed E-state index contributed by atoms with van der Waals surface area (Å²) >= 11 is 0. The van der Waals surface area contributed by atoms with Crippen molar-refractivity contribution in [3.05, 3.63) is 41.7 Å². The summed E-state index contributed by atoms with van der Waals surface area (Å²) in [5, 5.41) is 6.18. The Morgan fingerprint density at radius 1 is 1.43 bits per heavy atom. The number of rotatable bonds is 4. The predicted molar refractivity (Wildman–Crippen MR) is 83.7 cm³/mol. The zero-order valence-electron chi connectivity index (χ0n) is 12.2. The molecule has 1 aromatic heterocycles. The third-order valence-electron chi connectivity index (χ3n) is 3.65. The van der Waals surface area contributed by atoms with Gasteiger partial charge < -0.3 is 15.2 Å². The first kappa shape index (κ1) is 13.7. The minimum absolute atomic E-state index is 0.151. The van der Waals surface area contributed by atoms with Crippen LogP contribution in [0.4, 0.5) is 11.6 Å². The van der Waals surface area contributed by atoms with Crippen LogP contribution in [-0.4, -0.2) is 22.0 Å². The number of imidazole rings is 1. The first-order chi connectivity index (χ1) is 10.3. The van der Waals surface area contributed by atoms with E-state index in [0.717, 1.165) is 49.6 Å². The molecule has 3 rings (SSSR count). The van der Waals surface area contributed by atoms with Crippen molar-refractivity contribution in [1.29, 1.82) is 0 Å². The molecule has 110 valence electrons. The van der Waals surface area contributed by atoms with E-state index in [1.807, 2.05) is 29.0 Å². The molecule has 1 aliphatic heterocycles. The van der Waals surface area contributed by atoms with E-state index in [1.54, 1.807) is 0 Å². The average molecular weight is 284 g/mol. The number of aromatic nitrogens is 2. The van der Waals surface area contributed by atoms with E-state index in [2.05, 4.69) is 28.6 Å². The van der Waals surface area contributed by atoms with Crippen molar-refractivity contribution in [3.8, 4) is 0 Å². The quantitative estimate of drug-likeness (QED) is 0.907. The smallest absolute Gasteiger partial charge is 0.275 e. The van der Waals surface area contributed by atoms with Gasteiger partial charge in [-0.15, -0.1) is 0 Å². The van der Waals surface area contributed by atoms with Crippen molar-refractivity contribution in [2.24, 2.45) is 0 Å². The molecule has 2 N–H and O–H groups in total. The second-order valence-electron chi connectivity index (χ2n) is 5.28. The summed E-state index contributed by atoms with van der Waals surface area (Å²) in [7, 11) is 0. The summed E-state index contributed by atoms with van der Waals surface area (Å²) in [5.74, 6) is 0.635. The van der Waals surface area contributed by atoms with Gasteiger partial charge in [0.05, 0.1) is 0 Å². The van der Waals surface area contributed by atoms with Crippen LogP contribution in [-0.2, 0) is 13.0 Å². The number of amides is 1. The Balaban J connectivity index is 1.78. The fraction of sp³-hybridized carbons (Fsp3) is 0.375. The molecule has 5 nitrogen and oxygen atoms in total. The van der Waals surface area contributed by atoms with Gasteiger partial charge in [-0.1, -0.05) is 31.5 Å². The van der Waals surface area contributed by atoms with Gasteiger partial charge in [0.1, 0.15) is 5.69 Å². The van der Waals surface area contributed by atoms with E-state index in [0.29, 0.717) is 5.69 Å². The van der Waals surface area contributed by atoms with Crippen molar-refractivity contribution >= 4 is 17.5 Å².